The number of esters is 1. The van der Waals surface area contributed by atoms with Crippen molar-refractivity contribution >= 4 is 17.6 Å². The standard InChI is InChI=1S/C16H17NO4/c1-3-12-6-8-13(9-7-12)17-15(18)11(2)21-16(19)14-5-4-10-20-14/h4-11H,3H2,1-2H3,(H,17,18)/t11-/m1/s1. The number of aryl methyl sites for hydroxylation is 1. The third-order valence-electron chi connectivity index (χ3n) is 3.01. The van der Waals surface area contributed by atoms with E-state index in [2.05, 4.69) is 12.2 Å². The molecule has 1 amide bonds. The van der Waals surface area contributed by atoms with Crippen LogP contribution >= 0.6 is 0 Å². The van der Waals surface area contributed by atoms with Gasteiger partial charge in [0.05, 0.1) is 6.26 Å². The van der Waals surface area contributed by atoms with Crippen LogP contribution < -0.4 is 5.32 Å². The van der Waals surface area contributed by atoms with Crippen molar-refractivity contribution in [2.24, 2.45) is 0 Å². The highest BCUT2D eigenvalue weighted by Crippen LogP contribution is 2.11. The molecule has 1 N–H and O–H groups in total. The highest BCUT2D eigenvalue weighted by Gasteiger charge is 2.20. The molecule has 1 aromatic carbocycles. The van der Waals surface area contributed by atoms with E-state index in [4.69, 9.17) is 9.15 Å². The van der Waals surface area contributed by atoms with Crippen molar-refractivity contribution in [2.75, 3.05) is 5.32 Å². The Balaban J connectivity index is 1.91. The van der Waals surface area contributed by atoms with E-state index in [1.165, 1.54) is 24.8 Å². The van der Waals surface area contributed by atoms with Crippen LogP contribution in [0.3, 0.4) is 0 Å². The molecular formula is C16H17NO4. The second-order valence-electron chi connectivity index (χ2n) is 4.56. The maximum Gasteiger partial charge on any atom is 0.374 e. The van der Waals surface area contributed by atoms with Crippen LogP contribution in [0.5, 0.6) is 0 Å². The Labute approximate surface area is 122 Å². The Morgan fingerprint density at radius 3 is 2.52 bits per heavy atom. The summed E-state index contributed by atoms with van der Waals surface area (Å²) in [5, 5.41) is 2.70. The van der Waals surface area contributed by atoms with Gasteiger partial charge in [-0.05, 0) is 43.2 Å². The minimum Gasteiger partial charge on any atom is -0.457 e. The Morgan fingerprint density at radius 1 is 1.24 bits per heavy atom. The SMILES string of the molecule is CCc1ccc(NC(=O)[C@@H](C)OC(=O)c2ccco2)cc1. The molecule has 5 nitrogen and oxygen atoms in total. The number of benzene rings is 1. The Hall–Kier alpha value is -2.56. The number of carbonyl (C=O) groups is 2. The van der Waals surface area contributed by atoms with Gasteiger partial charge < -0.3 is 14.5 Å². The van der Waals surface area contributed by atoms with Crippen LogP contribution in [0.1, 0.15) is 30.0 Å². The predicted molar refractivity (Wildman–Crippen MR) is 78.0 cm³/mol. The van der Waals surface area contributed by atoms with Crippen molar-refractivity contribution in [3.63, 3.8) is 0 Å². The first-order valence-electron chi connectivity index (χ1n) is 6.74. The molecule has 1 heterocycles. The Kier molecular flexibility index (Phi) is 4.77. The van der Waals surface area contributed by atoms with E-state index in [0.29, 0.717) is 5.69 Å². The van der Waals surface area contributed by atoms with Gasteiger partial charge in [-0.25, -0.2) is 4.79 Å². The van der Waals surface area contributed by atoms with Gasteiger partial charge in [-0.3, -0.25) is 4.79 Å². The summed E-state index contributed by atoms with van der Waals surface area (Å²) in [6.45, 7) is 3.57. The Bertz CT molecular complexity index is 602. The summed E-state index contributed by atoms with van der Waals surface area (Å²) < 4.78 is 9.94. The molecule has 0 aliphatic carbocycles. The molecular weight excluding hydrogens is 270 g/mol. The number of hydrogen-bond donors (Lipinski definition) is 1. The van der Waals surface area contributed by atoms with Crippen molar-refractivity contribution in [3.8, 4) is 0 Å². The number of carbonyl (C=O) groups excluding carboxylic acids is 2. The van der Waals surface area contributed by atoms with Gasteiger partial charge in [-0.2, -0.15) is 0 Å². The first-order valence-corrected chi connectivity index (χ1v) is 6.74. The molecule has 0 saturated carbocycles. The third-order valence-corrected chi connectivity index (χ3v) is 3.01. The van der Waals surface area contributed by atoms with E-state index in [1.807, 2.05) is 24.3 Å². The number of ether oxygens (including phenoxy) is 1. The van der Waals surface area contributed by atoms with Gasteiger partial charge in [0.25, 0.3) is 5.91 Å². The van der Waals surface area contributed by atoms with Crippen LogP contribution in [0, 0.1) is 0 Å². The molecule has 2 aromatic rings. The lowest BCUT2D eigenvalue weighted by Crippen LogP contribution is -2.29. The maximum absolute atomic E-state index is 12.0. The van der Waals surface area contributed by atoms with Crippen LogP contribution in [0.15, 0.2) is 47.1 Å². The zero-order valence-electron chi connectivity index (χ0n) is 12.0. The minimum atomic E-state index is -0.909. The molecule has 0 unspecified atom stereocenters. The average molecular weight is 287 g/mol. The predicted octanol–water partition coefficient (Wildman–Crippen LogP) is 3.03. The fraction of sp³-hybridized carbons (Fsp3) is 0.250. The number of hydrogen-bond acceptors (Lipinski definition) is 4. The topological polar surface area (TPSA) is 68.5 Å². The van der Waals surface area contributed by atoms with Gasteiger partial charge in [0.1, 0.15) is 0 Å². The molecule has 0 aliphatic rings. The van der Waals surface area contributed by atoms with Crippen molar-refractivity contribution in [1.29, 1.82) is 0 Å². The number of amides is 1. The maximum atomic E-state index is 12.0. The highest BCUT2D eigenvalue weighted by atomic mass is 16.6. The van der Waals surface area contributed by atoms with Gasteiger partial charge >= 0.3 is 5.97 Å². The quantitative estimate of drug-likeness (QED) is 0.858. The van der Waals surface area contributed by atoms with Crippen molar-refractivity contribution in [1.82, 2.24) is 0 Å². The summed E-state index contributed by atoms with van der Waals surface area (Å²) >= 11 is 0. The van der Waals surface area contributed by atoms with E-state index in [0.717, 1.165) is 6.42 Å². The number of anilines is 1. The lowest BCUT2D eigenvalue weighted by Gasteiger charge is -2.12. The van der Waals surface area contributed by atoms with Crippen molar-refractivity contribution in [3.05, 3.63) is 54.0 Å². The largest absolute Gasteiger partial charge is 0.457 e. The Morgan fingerprint density at radius 2 is 1.95 bits per heavy atom. The van der Waals surface area contributed by atoms with Gasteiger partial charge in [-0.1, -0.05) is 19.1 Å². The first-order chi connectivity index (χ1) is 10.1. The molecule has 110 valence electrons. The zero-order chi connectivity index (χ0) is 15.2. The molecule has 0 radical (unpaired) electrons. The van der Waals surface area contributed by atoms with E-state index < -0.39 is 12.1 Å². The summed E-state index contributed by atoms with van der Waals surface area (Å²) in [6, 6.07) is 10.6. The highest BCUT2D eigenvalue weighted by molar-refractivity contribution is 5.96. The molecule has 5 heteroatoms. The number of furan rings is 1. The van der Waals surface area contributed by atoms with Gasteiger partial charge in [0, 0.05) is 5.69 Å². The number of rotatable bonds is 5. The van der Waals surface area contributed by atoms with E-state index in [1.54, 1.807) is 6.07 Å². The lowest BCUT2D eigenvalue weighted by atomic mass is 10.1. The molecule has 1 atom stereocenters. The minimum absolute atomic E-state index is 0.0712. The fourth-order valence-electron chi connectivity index (χ4n) is 1.73. The van der Waals surface area contributed by atoms with Gasteiger partial charge in [-0.15, -0.1) is 0 Å². The molecule has 0 spiro atoms. The zero-order valence-corrected chi connectivity index (χ0v) is 12.0. The van der Waals surface area contributed by atoms with Crippen LogP contribution in [-0.4, -0.2) is 18.0 Å². The van der Waals surface area contributed by atoms with Crippen LogP contribution in [0.4, 0.5) is 5.69 Å². The molecule has 21 heavy (non-hydrogen) atoms. The summed E-state index contributed by atoms with van der Waals surface area (Å²) in [6.07, 6.45) is 1.40. The molecule has 0 aliphatic heterocycles. The summed E-state index contributed by atoms with van der Waals surface area (Å²) in [5.74, 6) is -0.981. The van der Waals surface area contributed by atoms with E-state index >= 15 is 0 Å². The number of nitrogens with one attached hydrogen (secondary N) is 1. The first kappa shape index (κ1) is 14.8. The normalized spacial score (nSPS) is 11.7. The molecule has 2 rings (SSSR count). The van der Waals surface area contributed by atoms with Crippen LogP contribution in [0.2, 0.25) is 0 Å². The second-order valence-corrected chi connectivity index (χ2v) is 4.56. The third kappa shape index (κ3) is 3.95. The average Bonchev–Trinajstić information content (AvgIpc) is 3.02. The smallest absolute Gasteiger partial charge is 0.374 e. The van der Waals surface area contributed by atoms with Crippen LogP contribution in [0.25, 0.3) is 0 Å². The van der Waals surface area contributed by atoms with Crippen LogP contribution in [-0.2, 0) is 16.0 Å². The van der Waals surface area contributed by atoms with Gasteiger partial charge in [0.2, 0.25) is 5.76 Å². The molecule has 1 aromatic heterocycles. The lowest BCUT2D eigenvalue weighted by molar-refractivity contribution is -0.123. The summed E-state index contributed by atoms with van der Waals surface area (Å²) in [5.41, 5.74) is 1.85. The van der Waals surface area contributed by atoms with Crippen molar-refractivity contribution in [2.45, 2.75) is 26.4 Å². The molecule has 0 saturated heterocycles. The van der Waals surface area contributed by atoms with Gasteiger partial charge in [0.15, 0.2) is 6.10 Å². The monoisotopic (exact) mass is 287 g/mol. The van der Waals surface area contributed by atoms with E-state index in [9.17, 15) is 9.59 Å². The van der Waals surface area contributed by atoms with Crippen molar-refractivity contribution < 1.29 is 18.7 Å². The van der Waals surface area contributed by atoms with E-state index in [-0.39, 0.29) is 11.7 Å². The fourth-order valence-corrected chi connectivity index (χ4v) is 1.73. The second kappa shape index (κ2) is 6.74. The summed E-state index contributed by atoms with van der Waals surface area (Å²) in [4.78, 5) is 23.6. The molecule has 0 fully saturated rings. The molecule has 0 bridgehead atoms. The summed E-state index contributed by atoms with van der Waals surface area (Å²) in [7, 11) is 0.